The number of aliphatic hydroxyl groups excluding tert-OH is 1. The van der Waals surface area contributed by atoms with Gasteiger partial charge in [0.15, 0.2) is 0 Å². The standard InChI is InChI=1S/C11H24O4Si/c1-9(16(13-2,14-3)15-4)10-5-7-11(12)8-6-10/h9-12H,5-8H2,1-4H3. The van der Waals surface area contributed by atoms with Gasteiger partial charge in [0.05, 0.1) is 6.10 Å². The number of hydrogen-bond donors (Lipinski definition) is 1. The maximum absolute atomic E-state index is 9.50. The molecule has 0 spiro atoms. The highest BCUT2D eigenvalue weighted by molar-refractivity contribution is 6.62. The first-order chi connectivity index (χ1) is 7.59. The van der Waals surface area contributed by atoms with Gasteiger partial charge in [-0.3, -0.25) is 0 Å². The van der Waals surface area contributed by atoms with E-state index in [1.54, 1.807) is 21.3 Å². The summed E-state index contributed by atoms with van der Waals surface area (Å²) in [5.41, 5.74) is 0.292. The van der Waals surface area contributed by atoms with Crippen molar-refractivity contribution in [2.45, 2.75) is 44.3 Å². The van der Waals surface area contributed by atoms with E-state index in [2.05, 4.69) is 6.92 Å². The van der Waals surface area contributed by atoms with E-state index in [9.17, 15) is 5.11 Å². The van der Waals surface area contributed by atoms with Gasteiger partial charge in [-0.1, -0.05) is 6.92 Å². The number of rotatable bonds is 5. The van der Waals surface area contributed by atoms with Gasteiger partial charge in [-0.05, 0) is 31.6 Å². The summed E-state index contributed by atoms with van der Waals surface area (Å²) in [5, 5.41) is 9.50. The summed E-state index contributed by atoms with van der Waals surface area (Å²) in [6, 6.07) is 0. The van der Waals surface area contributed by atoms with Crippen molar-refractivity contribution < 1.29 is 18.4 Å². The summed E-state index contributed by atoms with van der Waals surface area (Å²) in [5.74, 6) is 0.537. The lowest BCUT2D eigenvalue weighted by Gasteiger charge is -2.37. The summed E-state index contributed by atoms with van der Waals surface area (Å²) in [7, 11) is 2.47. The molecule has 1 unspecified atom stereocenters. The summed E-state index contributed by atoms with van der Waals surface area (Å²) in [6.45, 7) is 2.14. The summed E-state index contributed by atoms with van der Waals surface area (Å²) >= 11 is 0. The van der Waals surface area contributed by atoms with Crippen LogP contribution in [-0.2, 0) is 13.3 Å². The molecule has 5 heteroatoms. The van der Waals surface area contributed by atoms with Crippen molar-refractivity contribution in [3.8, 4) is 0 Å². The Morgan fingerprint density at radius 2 is 1.44 bits per heavy atom. The van der Waals surface area contributed by atoms with E-state index in [-0.39, 0.29) is 6.10 Å². The molecule has 0 aromatic rings. The molecular weight excluding hydrogens is 224 g/mol. The average molecular weight is 248 g/mol. The van der Waals surface area contributed by atoms with Gasteiger partial charge in [-0.25, -0.2) is 0 Å². The van der Waals surface area contributed by atoms with Crippen LogP contribution >= 0.6 is 0 Å². The smallest absolute Gasteiger partial charge is 0.393 e. The van der Waals surface area contributed by atoms with Gasteiger partial charge < -0.3 is 18.4 Å². The predicted octanol–water partition coefficient (Wildman–Crippen LogP) is 1.81. The summed E-state index contributed by atoms with van der Waals surface area (Å²) in [4.78, 5) is 0. The van der Waals surface area contributed by atoms with Crippen molar-refractivity contribution in [2.75, 3.05) is 21.3 Å². The van der Waals surface area contributed by atoms with Crippen LogP contribution in [0, 0.1) is 5.92 Å². The Labute approximate surface area is 99.3 Å². The van der Waals surface area contributed by atoms with Gasteiger partial charge in [0.25, 0.3) is 0 Å². The number of hydrogen-bond acceptors (Lipinski definition) is 4. The van der Waals surface area contributed by atoms with Gasteiger partial charge >= 0.3 is 8.80 Å². The van der Waals surface area contributed by atoms with Crippen LogP contribution in [0.2, 0.25) is 5.54 Å². The first kappa shape index (κ1) is 14.1. The fourth-order valence-corrected chi connectivity index (χ4v) is 5.22. The molecule has 1 aliphatic carbocycles. The van der Waals surface area contributed by atoms with E-state index in [1.165, 1.54) is 0 Å². The van der Waals surface area contributed by atoms with Crippen molar-refractivity contribution in [3.05, 3.63) is 0 Å². The maximum Gasteiger partial charge on any atom is 0.503 e. The van der Waals surface area contributed by atoms with Crippen LogP contribution in [0.5, 0.6) is 0 Å². The van der Waals surface area contributed by atoms with Crippen molar-refractivity contribution >= 4 is 8.80 Å². The normalized spacial score (nSPS) is 29.1. The Hall–Kier alpha value is 0.0569. The minimum atomic E-state index is -2.51. The zero-order chi connectivity index (χ0) is 12.2. The van der Waals surface area contributed by atoms with E-state index >= 15 is 0 Å². The Bertz CT molecular complexity index is 192. The highest BCUT2D eigenvalue weighted by atomic mass is 28.4. The molecule has 0 amide bonds. The minimum Gasteiger partial charge on any atom is -0.393 e. The van der Waals surface area contributed by atoms with E-state index in [4.69, 9.17) is 13.3 Å². The van der Waals surface area contributed by atoms with E-state index in [1.807, 2.05) is 0 Å². The Balaban J connectivity index is 2.64. The fourth-order valence-electron chi connectivity index (χ4n) is 2.70. The quantitative estimate of drug-likeness (QED) is 0.754. The van der Waals surface area contributed by atoms with E-state index < -0.39 is 8.80 Å². The third-order valence-corrected chi connectivity index (χ3v) is 7.15. The lowest BCUT2D eigenvalue weighted by Crippen LogP contribution is -2.49. The summed E-state index contributed by atoms with van der Waals surface area (Å²) < 4.78 is 16.5. The van der Waals surface area contributed by atoms with E-state index in [0.29, 0.717) is 11.5 Å². The molecule has 1 rings (SSSR count). The molecule has 16 heavy (non-hydrogen) atoms. The van der Waals surface area contributed by atoms with Gasteiger partial charge in [-0.15, -0.1) is 0 Å². The molecule has 1 N–H and O–H groups in total. The molecule has 0 saturated heterocycles. The minimum absolute atomic E-state index is 0.118. The van der Waals surface area contributed by atoms with Gasteiger partial charge in [-0.2, -0.15) is 0 Å². The monoisotopic (exact) mass is 248 g/mol. The van der Waals surface area contributed by atoms with Crippen LogP contribution in [0.15, 0.2) is 0 Å². The maximum atomic E-state index is 9.50. The molecule has 1 fully saturated rings. The van der Waals surface area contributed by atoms with E-state index in [0.717, 1.165) is 25.7 Å². The van der Waals surface area contributed by atoms with Crippen LogP contribution in [0.25, 0.3) is 0 Å². The van der Waals surface area contributed by atoms with Crippen molar-refractivity contribution in [2.24, 2.45) is 5.92 Å². The fraction of sp³-hybridized carbons (Fsp3) is 1.00. The van der Waals surface area contributed by atoms with Crippen molar-refractivity contribution in [1.29, 1.82) is 0 Å². The Morgan fingerprint density at radius 3 is 1.81 bits per heavy atom. The molecule has 1 aliphatic rings. The third-order valence-electron chi connectivity index (χ3n) is 3.86. The lowest BCUT2D eigenvalue weighted by atomic mass is 9.85. The van der Waals surface area contributed by atoms with Crippen LogP contribution in [0.1, 0.15) is 32.6 Å². The Kier molecular flexibility index (Phi) is 5.40. The second-order valence-electron chi connectivity index (χ2n) is 4.57. The second-order valence-corrected chi connectivity index (χ2v) is 7.92. The average Bonchev–Trinajstić information content (AvgIpc) is 2.33. The van der Waals surface area contributed by atoms with Crippen LogP contribution < -0.4 is 0 Å². The number of aliphatic hydroxyl groups is 1. The van der Waals surface area contributed by atoms with Crippen molar-refractivity contribution in [3.63, 3.8) is 0 Å². The molecule has 1 saturated carbocycles. The van der Waals surface area contributed by atoms with Crippen molar-refractivity contribution in [1.82, 2.24) is 0 Å². The third kappa shape index (κ3) is 2.84. The first-order valence-electron chi connectivity index (χ1n) is 5.93. The van der Waals surface area contributed by atoms with Crippen LogP contribution in [0.3, 0.4) is 0 Å². The molecule has 0 aliphatic heterocycles. The largest absolute Gasteiger partial charge is 0.503 e. The molecule has 1 atom stereocenters. The predicted molar refractivity (Wildman–Crippen MR) is 64.2 cm³/mol. The molecular formula is C11H24O4Si. The molecule has 0 aromatic heterocycles. The zero-order valence-corrected chi connectivity index (χ0v) is 11.7. The highest BCUT2D eigenvalue weighted by Crippen LogP contribution is 2.39. The van der Waals surface area contributed by atoms with Crippen LogP contribution in [0.4, 0.5) is 0 Å². The SMILES string of the molecule is CO[Si](OC)(OC)C(C)C1CCC(O)CC1. The van der Waals surface area contributed by atoms with Gasteiger partial charge in [0, 0.05) is 26.9 Å². The molecule has 0 aromatic carbocycles. The molecule has 0 heterocycles. The summed E-state index contributed by atoms with van der Waals surface area (Å²) in [6.07, 6.45) is 3.72. The topological polar surface area (TPSA) is 47.9 Å². The molecule has 96 valence electrons. The second kappa shape index (κ2) is 6.12. The zero-order valence-electron chi connectivity index (χ0n) is 10.7. The first-order valence-corrected chi connectivity index (χ1v) is 7.73. The van der Waals surface area contributed by atoms with Gasteiger partial charge in [0.1, 0.15) is 0 Å². The van der Waals surface area contributed by atoms with Gasteiger partial charge in [0.2, 0.25) is 0 Å². The highest BCUT2D eigenvalue weighted by Gasteiger charge is 2.48. The lowest BCUT2D eigenvalue weighted by molar-refractivity contribution is 0.0761. The molecule has 0 radical (unpaired) electrons. The molecule has 4 nitrogen and oxygen atoms in total. The molecule has 0 bridgehead atoms. The van der Waals surface area contributed by atoms with Crippen LogP contribution in [-0.4, -0.2) is 41.3 Å². The Morgan fingerprint density at radius 1 is 1.00 bits per heavy atom.